The molecule has 4 unspecified atom stereocenters. The van der Waals surface area contributed by atoms with Gasteiger partial charge in [-0.05, 0) is 80.3 Å². The fourth-order valence-electron chi connectivity index (χ4n) is 5.30. The second kappa shape index (κ2) is 5.02. The highest BCUT2D eigenvalue weighted by atomic mass is 32.1. The molecule has 1 aromatic heterocycles. The van der Waals surface area contributed by atoms with Crippen LogP contribution in [0.5, 0.6) is 0 Å². The van der Waals surface area contributed by atoms with Crippen LogP contribution in [0.2, 0.25) is 0 Å². The van der Waals surface area contributed by atoms with Crippen LogP contribution in [-0.2, 0) is 4.79 Å². The van der Waals surface area contributed by atoms with Gasteiger partial charge in [-0.3, -0.25) is 14.5 Å². The molecule has 2 aromatic rings. The van der Waals surface area contributed by atoms with Crippen molar-refractivity contribution in [1.29, 1.82) is 0 Å². The summed E-state index contributed by atoms with van der Waals surface area (Å²) in [5.41, 5.74) is 1.75. The zero-order chi connectivity index (χ0) is 16.4. The topological polar surface area (TPSA) is 62.7 Å². The number of nitrogens with zero attached hydrogens (tertiary/aromatic N) is 2. The van der Waals surface area contributed by atoms with Gasteiger partial charge in [0.1, 0.15) is 5.82 Å². The van der Waals surface area contributed by atoms with Gasteiger partial charge >= 0.3 is 0 Å². The zero-order valence-corrected chi connectivity index (χ0v) is 14.3. The molecule has 3 saturated carbocycles. The van der Waals surface area contributed by atoms with E-state index in [-0.39, 0.29) is 11.8 Å². The van der Waals surface area contributed by atoms with Crippen molar-refractivity contribution in [3.8, 4) is 5.69 Å². The van der Waals surface area contributed by atoms with E-state index in [1.165, 1.54) is 19.3 Å². The number of fused-ring (bicyclic) bond motifs is 5. The molecule has 0 aliphatic heterocycles. The van der Waals surface area contributed by atoms with E-state index in [9.17, 15) is 4.79 Å². The minimum Gasteiger partial charge on any atom is -0.326 e. The molecule has 4 atom stereocenters. The maximum Gasteiger partial charge on any atom is 0.228 e. The van der Waals surface area contributed by atoms with E-state index < -0.39 is 0 Å². The minimum absolute atomic E-state index is 0.200. The maximum absolute atomic E-state index is 12.7. The molecule has 1 aromatic carbocycles. The third kappa shape index (κ3) is 2.02. The normalized spacial score (nSPS) is 32.6. The number of aryl methyl sites for hydroxylation is 1. The van der Waals surface area contributed by atoms with E-state index >= 15 is 0 Å². The smallest absolute Gasteiger partial charge is 0.228 e. The van der Waals surface area contributed by atoms with Crippen LogP contribution in [0.25, 0.3) is 5.69 Å². The number of hydrogen-bond donors (Lipinski definition) is 2. The molecule has 6 heteroatoms. The lowest BCUT2D eigenvalue weighted by atomic mass is 10.0. The van der Waals surface area contributed by atoms with Crippen LogP contribution >= 0.6 is 12.2 Å². The predicted molar refractivity (Wildman–Crippen MR) is 93.4 cm³/mol. The molecule has 1 amide bonds. The highest BCUT2D eigenvalue weighted by molar-refractivity contribution is 7.71. The number of benzene rings is 1. The highest BCUT2D eigenvalue weighted by Gasteiger charge is 2.67. The van der Waals surface area contributed by atoms with E-state index in [1.54, 1.807) is 0 Å². The second-order valence-electron chi connectivity index (χ2n) is 7.46. The number of aromatic amines is 1. The largest absolute Gasteiger partial charge is 0.326 e. The van der Waals surface area contributed by atoms with Gasteiger partial charge in [0.05, 0.1) is 5.69 Å². The van der Waals surface area contributed by atoms with Gasteiger partial charge in [0.15, 0.2) is 4.77 Å². The summed E-state index contributed by atoms with van der Waals surface area (Å²) in [5, 5.41) is 10.1. The molecule has 3 fully saturated rings. The average Bonchev–Trinajstić information content (AvgIpc) is 2.83. The first-order valence-electron chi connectivity index (χ1n) is 8.69. The number of carbonyl (C=O) groups is 1. The summed E-state index contributed by atoms with van der Waals surface area (Å²) in [5.74, 6) is 4.21. The summed E-state index contributed by atoms with van der Waals surface area (Å²) in [4.78, 5) is 12.7. The third-order valence-corrected chi connectivity index (χ3v) is 6.52. The van der Waals surface area contributed by atoms with Crippen molar-refractivity contribution < 1.29 is 4.79 Å². The molecule has 124 valence electrons. The molecular weight excluding hydrogens is 320 g/mol. The quantitative estimate of drug-likeness (QED) is 0.841. The molecule has 1 heterocycles. The average molecular weight is 340 g/mol. The number of hydrogen-bond acceptors (Lipinski definition) is 3. The van der Waals surface area contributed by atoms with Gasteiger partial charge in [0.25, 0.3) is 0 Å². The van der Waals surface area contributed by atoms with E-state index in [1.807, 2.05) is 35.8 Å². The Morgan fingerprint density at radius 3 is 2.75 bits per heavy atom. The lowest BCUT2D eigenvalue weighted by molar-refractivity contribution is -0.118. The highest BCUT2D eigenvalue weighted by Crippen LogP contribution is 2.69. The first kappa shape index (κ1) is 14.4. The molecular formula is C18H20N4OS. The molecule has 5 nitrogen and oxygen atoms in total. The molecule has 0 saturated heterocycles. The van der Waals surface area contributed by atoms with Crippen LogP contribution in [0, 0.1) is 41.3 Å². The molecule has 24 heavy (non-hydrogen) atoms. The first-order chi connectivity index (χ1) is 11.6. The Hall–Kier alpha value is -1.95. The Labute approximate surface area is 145 Å². The van der Waals surface area contributed by atoms with Crippen LogP contribution in [-0.4, -0.2) is 20.7 Å². The van der Waals surface area contributed by atoms with Crippen molar-refractivity contribution in [3.63, 3.8) is 0 Å². The van der Waals surface area contributed by atoms with Gasteiger partial charge in [-0.1, -0.05) is 6.07 Å². The Kier molecular flexibility index (Phi) is 3.01. The van der Waals surface area contributed by atoms with Crippen molar-refractivity contribution in [2.75, 3.05) is 5.32 Å². The van der Waals surface area contributed by atoms with Crippen LogP contribution in [0.15, 0.2) is 24.3 Å². The summed E-state index contributed by atoms with van der Waals surface area (Å²) in [7, 11) is 0. The molecule has 0 radical (unpaired) electrons. The fourth-order valence-corrected chi connectivity index (χ4v) is 5.59. The van der Waals surface area contributed by atoms with Crippen LogP contribution in [0.1, 0.15) is 25.1 Å². The van der Waals surface area contributed by atoms with Gasteiger partial charge in [0, 0.05) is 11.6 Å². The lowest BCUT2D eigenvalue weighted by Gasteiger charge is -2.11. The third-order valence-electron chi connectivity index (χ3n) is 6.25. The monoisotopic (exact) mass is 340 g/mol. The molecule has 2 bridgehead atoms. The number of aromatic nitrogens is 3. The number of amides is 1. The molecule has 3 aliphatic rings. The molecule has 0 spiro atoms. The summed E-state index contributed by atoms with van der Waals surface area (Å²) in [6, 6.07) is 7.81. The van der Waals surface area contributed by atoms with Crippen molar-refractivity contribution >= 4 is 23.8 Å². The number of rotatable bonds is 3. The molecule has 5 rings (SSSR count). The number of H-pyrrole nitrogens is 1. The van der Waals surface area contributed by atoms with Crippen LogP contribution in [0.4, 0.5) is 5.69 Å². The van der Waals surface area contributed by atoms with Crippen LogP contribution < -0.4 is 5.32 Å². The van der Waals surface area contributed by atoms with Crippen molar-refractivity contribution in [1.82, 2.24) is 14.8 Å². The second-order valence-corrected chi connectivity index (χ2v) is 7.85. The van der Waals surface area contributed by atoms with E-state index in [0.29, 0.717) is 16.6 Å². The minimum atomic E-state index is 0.200. The summed E-state index contributed by atoms with van der Waals surface area (Å²) >= 11 is 5.28. The predicted octanol–water partition coefficient (Wildman–Crippen LogP) is 3.47. The number of carbonyl (C=O) groups excluding carboxylic acids is 1. The van der Waals surface area contributed by atoms with E-state index in [4.69, 9.17) is 12.2 Å². The van der Waals surface area contributed by atoms with Gasteiger partial charge in [0.2, 0.25) is 5.91 Å². The van der Waals surface area contributed by atoms with Crippen molar-refractivity contribution in [2.45, 2.75) is 26.2 Å². The summed E-state index contributed by atoms with van der Waals surface area (Å²) < 4.78 is 2.43. The molecule has 3 aliphatic carbocycles. The lowest BCUT2D eigenvalue weighted by Crippen LogP contribution is -2.18. The van der Waals surface area contributed by atoms with Gasteiger partial charge in [-0.2, -0.15) is 5.10 Å². The summed E-state index contributed by atoms with van der Waals surface area (Å²) in [6.07, 6.45) is 4.04. The Morgan fingerprint density at radius 1 is 1.33 bits per heavy atom. The Balaban J connectivity index is 1.36. The van der Waals surface area contributed by atoms with E-state index in [2.05, 4.69) is 15.5 Å². The first-order valence-corrected chi connectivity index (χ1v) is 9.09. The Bertz CT molecular complexity index is 869. The summed E-state index contributed by atoms with van der Waals surface area (Å²) in [6.45, 7) is 1.90. The molecule has 2 N–H and O–H groups in total. The fraction of sp³-hybridized carbons (Fsp3) is 0.500. The van der Waals surface area contributed by atoms with Gasteiger partial charge in [-0.25, -0.2) is 0 Å². The standard InChI is InChI=1S/C18H20N4OS/c1-9-20-21-18(24)22(9)13-4-2-3-12(8-13)19-17(23)16-14-10-5-6-11(7-10)15(14)16/h2-4,8,10-11,14-16H,5-7H2,1H3,(H,19,23)(H,21,24). The number of anilines is 1. The Morgan fingerprint density at radius 2 is 2.08 bits per heavy atom. The SMILES string of the molecule is Cc1n[nH]c(=S)n1-c1cccc(NC(=O)C2C3C4CCC(C4)C23)c1. The van der Waals surface area contributed by atoms with Crippen LogP contribution in [0.3, 0.4) is 0 Å². The maximum atomic E-state index is 12.7. The van der Waals surface area contributed by atoms with Crippen molar-refractivity contribution in [3.05, 3.63) is 34.9 Å². The number of nitrogens with one attached hydrogen (secondary N) is 2. The van der Waals surface area contributed by atoms with Gasteiger partial charge in [-0.15, -0.1) is 0 Å². The zero-order valence-electron chi connectivity index (χ0n) is 13.5. The van der Waals surface area contributed by atoms with E-state index in [0.717, 1.165) is 29.0 Å². The van der Waals surface area contributed by atoms with Gasteiger partial charge < -0.3 is 5.32 Å². The van der Waals surface area contributed by atoms with Crippen molar-refractivity contribution in [2.24, 2.45) is 29.6 Å².